The van der Waals surface area contributed by atoms with Crippen LogP contribution in [0.3, 0.4) is 0 Å². The van der Waals surface area contributed by atoms with Crippen molar-refractivity contribution < 1.29 is 22.8 Å². The van der Waals surface area contributed by atoms with Gasteiger partial charge in [0, 0.05) is 7.05 Å². The summed E-state index contributed by atoms with van der Waals surface area (Å²) in [6.45, 7) is -1.92. The van der Waals surface area contributed by atoms with Crippen LogP contribution in [0.15, 0.2) is 30.3 Å². The number of benzene rings is 1. The second kappa shape index (κ2) is 7.07. The molecule has 0 aromatic heterocycles. The van der Waals surface area contributed by atoms with E-state index in [0.29, 0.717) is 5.56 Å². The standard InChI is InChI=1S/C13H16F3N3O2/c1-19(7-10(20)18-8-13(14,15)16)12(21)11(17)9-5-3-2-4-6-9/h2-6,11H,7-8,17H2,1H3,(H,18,20)/t11-/m1/s1. The lowest BCUT2D eigenvalue weighted by molar-refractivity contribution is -0.142. The van der Waals surface area contributed by atoms with Gasteiger partial charge in [0.2, 0.25) is 11.8 Å². The SMILES string of the molecule is CN(CC(=O)NCC(F)(F)F)C(=O)[C@H](N)c1ccccc1. The summed E-state index contributed by atoms with van der Waals surface area (Å²) in [5, 5.41) is 1.69. The Bertz CT molecular complexity index is 491. The Labute approximate surface area is 119 Å². The summed E-state index contributed by atoms with van der Waals surface area (Å²) in [4.78, 5) is 24.3. The molecule has 0 heterocycles. The fourth-order valence-electron chi connectivity index (χ4n) is 1.59. The van der Waals surface area contributed by atoms with Crippen molar-refractivity contribution in [1.82, 2.24) is 10.2 Å². The zero-order valence-corrected chi connectivity index (χ0v) is 11.4. The van der Waals surface area contributed by atoms with Crippen molar-refractivity contribution in [1.29, 1.82) is 0 Å². The summed E-state index contributed by atoms with van der Waals surface area (Å²) in [5.41, 5.74) is 6.32. The molecule has 0 aliphatic heterocycles. The van der Waals surface area contributed by atoms with Gasteiger partial charge in [-0.3, -0.25) is 9.59 Å². The van der Waals surface area contributed by atoms with Crippen LogP contribution in [0.4, 0.5) is 13.2 Å². The molecule has 1 aromatic carbocycles. The zero-order valence-electron chi connectivity index (χ0n) is 11.4. The number of nitrogens with zero attached hydrogens (tertiary/aromatic N) is 1. The highest BCUT2D eigenvalue weighted by molar-refractivity contribution is 5.87. The summed E-state index contributed by atoms with van der Waals surface area (Å²) in [5.74, 6) is -1.45. The number of likely N-dealkylation sites (N-methyl/N-ethyl adjacent to an activating group) is 1. The molecule has 1 atom stereocenters. The van der Waals surface area contributed by atoms with Gasteiger partial charge in [0.15, 0.2) is 0 Å². The maximum atomic E-state index is 12.0. The third-order valence-electron chi connectivity index (χ3n) is 2.67. The maximum absolute atomic E-state index is 12.0. The Morgan fingerprint density at radius 1 is 1.29 bits per heavy atom. The minimum Gasteiger partial charge on any atom is -0.345 e. The molecule has 0 spiro atoms. The van der Waals surface area contributed by atoms with Crippen molar-refractivity contribution in [3.05, 3.63) is 35.9 Å². The summed E-state index contributed by atoms with van der Waals surface area (Å²) in [6.07, 6.45) is -4.49. The van der Waals surface area contributed by atoms with Crippen molar-refractivity contribution in [2.45, 2.75) is 12.2 Å². The number of amides is 2. The van der Waals surface area contributed by atoms with Crippen LogP contribution in [-0.2, 0) is 9.59 Å². The first-order chi connectivity index (χ1) is 9.70. The number of rotatable bonds is 5. The van der Waals surface area contributed by atoms with Crippen LogP contribution in [0.2, 0.25) is 0 Å². The first kappa shape index (κ1) is 17.0. The minimum absolute atomic E-state index is 0.491. The highest BCUT2D eigenvalue weighted by atomic mass is 19.4. The molecule has 0 bridgehead atoms. The van der Waals surface area contributed by atoms with Gasteiger partial charge in [-0.05, 0) is 5.56 Å². The van der Waals surface area contributed by atoms with E-state index in [-0.39, 0.29) is 0 Å². The summed E-state index contributed by atoms with van der Waals surface area (Å²) < 4.78 is 35.8. The van der Waals surface area contributed by atoms with Crippen LogP contribution in [0.25, 0.3) is 0 Å². The fourth-order valence-corrected chi connectivity index (χ4v) is 1.59. The highest BCUT2D eigenvalue weighted by Crippen LogP contribution is 2.13. The van der Waals surface area contributed by atoms with E-state index in [0.717, 1.165) is 4.90 Å². The number of nitrogens with one attached hydrogen (secondary N) is 1. The summed E-state index contributed by atoms with van der Waals surface area (Å²) >= 11 is 0. The lowest BCUT2D eigenvalue weighted by Gasteiger charge is -2.21. The predicted molar refractivity (Wildman–Crippen MR) is 70.1 cm³/mol. The molecule has 8 heteroatoms. The lowest BCUT2D eigenvalue weighted by Crippen LogP contribution is -2.44. The zero-order chi connectivity index (χ0) is 16.0. The molecule has 0 saturated heterocycles. The van der Waals surface area contributed by atoms with E-state index in [2.05, 4.69) is 0 Å². The van der Waals surface area contributed by atoms with Crippen LogP contribution in [0, 0.1) is 0 Å². The third kappa shape index (κ3) is 5.82. The Balaban J connectivity index is 2.53. The van der Waals surface area contributed by atoms with Crippen molar-refractivity contribution >= 4 is 11.8 Å². The first-order valence-corrected chi connectivity index (χ1v) is 6.09. The van der Waals surface area contributed by atoms with Gasteiger partial charge in [0.1, 0.15) is 12.6 Å². The molecule has 2 amide bonds. The van der Waals surface area contributed by atoms with Gasteiger partial charge in [-0.15, -0.1) is 0 Å². The average molecular weight is 303 g/mol. The number of carbonyl (C=O) groups excluding carboxylic acids is 2. The molecular formula is C13H16F3N3O2. The van der Waals surface area contributed by atoms with Crippen LogP contribution in [0.1, 0.15) is 11.6 Å². The Kier molecular flexibility index (Phi) is 5.71. The maximum Gasteiger partial charge on any atom is 0.405 e. The second-order valence-electron chi connectivity index (χ2n) is 4.47. The van der Waals surface area contributed by atoms with Gasteiger partial charge in [-0.1, -0.05) is 30.3 Å². The van der Waals surface area contributed by atoms with Gasteiger partial charge in [0.05, 0.1) is 6.54 Å². The summed E-state index contributed by atoms with van der Waals surface area (Å²) in [6, 6.07) is 7.51. The predicted octanol–water partition coefficient (Wildman–Crippen LogP) is 0.823. The van der Waals surface area contributed by atoms with Crippen molar-refractivity contribution in [2.24, 2.45) is 5.73 Å². The average Bonchev–Trinajstić information content (AvgIpc) is 2.43. The molecule has 0 saturated carbocycles. The molecule has 21 heavy (non-hydrogen) atoms. The number of nitrogens with two attached hydrogens (primary N) is 1. The van der Waals surface area contributed by atoms with E-state index in [1.165, 1.54) is 7.05 Å². The lowest BCUT2D eigenvalue weighted by atomic mass is 10.1. The van der Waals surface area contributed by atoms with Crippen LogP contribution in [0.5, 0.6) is 0 Å². The molecule has 5 nitrogen and oxygen atoms in total. The largest absolute Gasteiger partial charge is 0.405 e. The smallest absolute Gasteiger partial charge is 0.345 e. The van der Waals surface area contributed by atoms with Gasteiger partial charge in [0.25, 0.3) is 0 Å². The molecule has 0 unspecified atom stereocenters. The molecule has 1 rings (SSSR count). The van der Waals surface area contributed by atoms with E-state index < -0.39 is 37.1 Å². The monoisotopic (exact) mass is 303 g/mol. The molecule has 0 radical (unpaired) electrons. The number of hydrogen-bond donors (Lipinski definition) is 2. The third-order valence-corrected chi connectivity index (χ3v) is 2.67. The van der Waals surface area contributed by atoms with E-state index in [1.54, 1.807) is 35.6 Å². The fraction of sp³-hybridized carbons (Fsp3) is 0.385. The topological polar surface area (TPSA) is 75.4 Å². The quantitative estimate of drug-likeness (QED) is 0.846. The first-order valence-electron chi connectivity index (χ1n) is 6.09. The second-order valence-corrected chi connectivity index (χ2v) is 4.47. The van der Waals surface area contributed by atoms with Crippen molar-refractivity contribution in [3.63, 3.8) is 0 Å². The molecule has 116 valence electrons. The van der Waals surface area contributed by atoms with Gasteiger partial charge in [-0.2, -0.15) is 13.2 Å². The normalized spacial score (nSPS) is 12.6. The molecule has 1 aromatic rings. The van der Waals surface area contributed by atoms with Gasteiger partial charge in [-0.25, -0.2) is 0 Å². The van der Waals surface area contributed by atoms with E-state index in [9.17, 15) is 22.8 Å². The number of halogens is 3. The van der Waals surface area contributed by atoms with Crippen LogP contribution < -0.4 is 11.1 Å². The van der Waals surface area contributed by atoms with E-state index in [1.807, 2.05) is 0 Å². The Morgan fingerprint density at radius 3 is 2.38 bits per heavy atom. The molecular weight excluding hydrogens is 287 g/mol. The molecule has 3 N–H and O–H groups in total. The molecule has 0 fully saturated rings. The van der Waals surface area contributed by atoms with E-state index in [4.69, 9.17) is 5.73 Å². The number of hydrogen-bond acceptors (Lipinski definition) is 3. The van der Waals surface area contributed by atoms with Crippen LogP contribution >= 0.6 is 0 Å². The molecule has 0 aliphatic carbocycles. The van der Waals surface area contributed by atoms with Crippen molar-refractivity contribution in [3.8, 4) is 0 Å². The Hall–Kier alpha value is -2.09. The number of alkyl halides is 3. The van der Waals surface area contributed by atoms with Crippen molar-refractivity contribution in [2.75, 3.05) is 20.1 Å². The summed E-state index contributed by atoms with van der Waals surface area (Å²) in [7, 11) is 1.30. The van der Waals surface area contributed by atoms with Gasteiger partial charge < -0.3 is 16.0 Å². The number of carbonyl (C=O) groups is 2. The minimum atomic E-state index is -4.49. The highest BCUT2D eigenvalue weighted by Gasteiger charge is 2.28. The van der Waals surface area contributed by atoms with Crippen LogP contribution in [-0.4, -0.2) is 43.0 Å². The Morgan fingerprint density at radius 2 is 1.86 bits per heavy atom. The molecule has 0 aliphatic rings. The van der Waals surface area contributed by atoms with Gasteiger partial charge >= 0.3 is 6.18 Å². The van der Waals surface area contributed by atoms with E-state index >= 15 is 0 Å².